The van der Waals surface area contributed by atoms with E-state index in [4.69, 9.17) is 16.3 Å². The fourth-order valence-corrected chi connectivity index (χ4v) is 4.22. The molecule has 0 radical (unpaired) electrons. The third-order valence-electron chi connectivity index (χ3n) is 4.74. The monoisotopic (exact) mass is 579 g/mol. The molecule has 0 spiro atoms. The molecule has 0 aliphatic rings. The number of aromatic nitrogens is 3. The Hall–Kier alpha value is -2.86. The minimum Gasteiger partial charge on any atom is -0.497 e. The smallest absolute Gasteiger partial charge is 0.251 e. The van der Waals surface area contributed by atoms with Crippen molar-refractivity contribution in [3.8, 4) is 5.75 Å². The van der Waals surface area contributed by atoms with Gasteiger partial charge in [0.2, 0.25) is 5.91 Å². The molecule has 1 heterocycles. The number of halogens is 2. The quantitative estimate of drug-likeness (QED) is 0.231. The number of allylic oxidation sites excluding steroid dienone is 1. The van der Waals surface area contributed by atoms with Crippen molar-refractivity contribution in [3.63, 3.8) is 0 Å². The van der Waals surface area contributed by atoms with Crippen LogP contribution in [0.2, 0.25) is 5.02 Å². The predicted molar refractivity (Wildman–Crippen MR) is 139 cm³/mol. The second kappa shape index (κ2) is 12.7. The summed E-state index contributed by atoms with van der Waals surface area (Å²) in [4.78, 5) is 25.1. The number of ether oxygens (including phenoxy) is 1. The van der Waals surface area contributed by atoms with Gasteiger partial charge in [-0.25, -0.2) is 0 Å². The topological polar surface area (TPSA) is 118 Å². The van der Waals surface area contributed by atoms with Gasteiger partial charge in [0.25, 0.3) is 5.91 Å². The number of thioether (sulfide) groups is 1. The lowest BCUT2D eigenvalue weighted by Gasteiger charge is -2.17. The Balaban J connectivity index is 1.69. The highest BCUT2D eigenvalue weighted by Crippen LogP contribution is 2.26. The highest BCUT2D eigenvalue weighted by Gasteiger charge is 2.23. The lowest BCUT2D eigenvalue weighted by Crippen LogP contribution is -2.33. The van der Waals surface area contributed by atoms with Gasteiger partial charge in [0.05, 0.1) is 24.5 Å². The number of methoxy groups -OCH3 is 1. The average molecular weight is 581 g/mol. The number of benzene rings is 2. The van der Waals surface area contributed by atoms with Crippen LogP contribution in [0.3, 0.4) is 0 Å². The van der Waals surface area contributed by atoms with E-state index in [1.54, 1.807) is 60.2 Å². The number of rotatable bonds is 11. The minimum atomic E-state index is -0.815. The largest absolute Gasteiger partial charge is 0.497 e. The van der Waals surface area contributed by atoms with Gasteiger partial charge in [0, 0.05) is 22.3 Å². The van der Waals surface area contributed by atoms with Gasteiger partial charge in [-0.05, 0) is 58.4 Å². The van der Waals surface area contributed by atoms with E-state index >= 15 is 0 Å². The lowest BCUT2D eigenvalue weighted by molar-refractivity contribution is -0.113. The van der Waals surface area contributed by atoms with Crippen LogP contribution in [0, 0.1) is 0 Å². The van der Waals surface area contributed by atoms with E-state index in [9.17, 15) is 14.7 Å². The van der Waals surface area contributed by atoms with Crippen LogP contribution in [-0.4, -0.2) is 51.2 Å². The van der Waals surface area contributed by atoms with Crippen molar-refractivity contribution in [2.45, 2.75) is 17.7 Å². The fraction of sp³-hybridized carbons (Fsp3) is 0.217. The average Bonchev–Trinajstić information content (AvgIpc) is 3.26. The van der Waals surface area contributed by atoms with Gasteiger partial charge < -0.3 is 25.0 Å². The van der Waals surface area contributed by atoms with Crippen LogP contribution in [0.5, 0.6) is 5.75 Å². The summed E-state index contributed by atoms with van der Waals surface area (Å²) in [5, 5.41) is 24.7. The second-order valence-corrected chi connectivity index (χ2v) is 9.35. The van der Waals surface area contributed by atoms with Crippen LogP contribution in [0.25, 0.3) is 0 Å². The van der Waals surface area contributed by atoms with E-state index in [2.05, 4.69) is 43.3 Å². The van der Waals surface area contributed by atoms with Crippen molar-refractivity contribution in [1.29, 1.82) is 0 Å². The Labute approximate surface area is 220 Å². The second-order valence-electron chi connectivity index (χ2n) is 7.14. The van der Waals surface area contributed by atoms with Gasteiger partial charge in [-0.15, -0.1) is 16.8 Å². The highest BCUT2D eigenvalue weighted by atomic mass is 79.9. The zero-order valence-corrected chi connectivity index (χ0v) is 21.9. The van der Waals surface area contributed by atoms with E-state index in [1.807, 2.05) is 0 Å². The third kappa shape index (κ3) is 7.07. The first-order chi connectivity index (χ1) is 16.9. The van der Waals surface area contributed by atoms with Crippen LogP contribution in [0.4, 0.5) is 5.69 Å². The number of aliphatic hydroxyl groups excluding tert-OH is 1. The summed E-state index contributed by atoms with van der Waals surface area (Å²) in [6.07, 6.45) is 1.64. The molecule has 0 unspecified atom stereocenters. The van der Waals surface area contributed by atoms with E-state index in [0.29, 0.717) is 39.5 Å². The molecule has 35 heavy (non-hydrogen) atoms. The lowest BCUT2D eigenvalue weighted by atomic mass is 10.2. The van der Waals surface area contributed by atoms with Crippen LogP contribution in [0.15, 0.2) is 64.7 Å². The SMILES string of the molecule is C=CCn1c(SCC(=O)Nc2ccc(Br)c(Cl)c2)nnc1[C@H](CO)NC(=O)c1ccc(OC)cc1. The number of hydrogen-bond acceptors (Lipinski definition) is 7. The number of anilines is 1. The van der Waals surface area contributed by atoms with Gasteiger partial charge >= 0.3 is 0 Å². The molecule has 0 aliphatic heterocycles. The Kier molecular flexibility index (Phi) is 9.73. The van der Waals surface area contributed by atoms with Crippen LogP contribution >= 0.6 is 39.3 Å². The maximum absolute atomic E-state index is 12.7. The first-order valence-electron chi connectivity index (χ1n) is 10.3. The molecule has 12 heteroatoms. The molecule has 3 aromatic rings. The van der Waals surface area contributed by atoms with Crippen molar-refractivity contribution in [2.75, 3.05) is 24.8 Å². The molecule has 3 rings (SSSR count). The molecule has 0 saturated heterocycles. The number of nitrogens with zero attached hydrogens (tertiary/aromatic N) is 3. The Morgan fingerprint density at radius 3 is 2.66 bits per heavy atom. The van der Waals surface area contributed by atoms with Gasteiger partial charge in [-0.3, -0.25) is 9.59 Å². The number of carbonyl (C=O) groups is 2. The fourth-order valence-electron chi connectivity index (χ4n) is 3.04. The summed E-state index contributed by atoms with van der Waals surface area (Å²) in [6, 6.07) is 10.9. The number of hydrogen-bond donors (Lipinski definition) is 3. The number of carbonyl (C=O) groups excluding carboxylic acids is 2. The van der Waals surface area contributed by atoms with Crippen molar-refractivity contribution < 1.29 is 19.4 Å². The number of aliphatic hydroxyl groups is 1. The third-order valence-corrected chi connectivity index (χ3v) is 6.94. The molecular formula is C23H23BrClN5O4S. The van der Waals surface area contributed by atoms with Gasteiger partial charge in [-0.2, -0.15) is 0 Å². The van der Waals surface area contributed by atoms with E-state index in [1.165, 1.54) is 11.8 Å². The molecule has 1 atom stereocenters. The molecule has 2 amide bonds. The Morgan fingerprint density at radius 1 is 1.29 bits per heavy atom. The van der Waals surface area contributed by atoms with Crippen molar-refractivity contribution in [3.05, 3.63) is 76.0 Å². The summed E-state index contributed by atoms with van der Waals surface area (Å²) in [5.41, 5.74) is 0.969. The zero-order chi connectivity index (χ0) is 25.4. The first-order valence-corrected chi connectivity index (χ1v) is 12.5. The molecule has 0 bridgehead atoms. The molecular weight excluding hydrogens is 558 g/mol. The van der Waals surface area contributed by atoms with Gasteiger partial charge in [0.1, 0.15) is 11.8 Å². The summed E-state index contributed by atoms with van der Waals surface area (Å²) in [5.74, 6) is 0.387. The van der Waals surface area contributed by atoms with E-state index in [0.717, 1.165) is 4.47 Å². The molecule has 3 N–H and O–H groups in total. The molecule has 2 aromatic carbocycles. The predicted octanol–water partition coefficient (Wildman–Crippen LogP) is 4.08. The normalized spacial score (nSPS) is 11.5. The minimum absolute atomic E-state index is 0.0605. The Morgan fingerprint density at radius 2 is 2.03 bits per heavy atom. The van der Waals surface area contributed by atoms with Crippen molar-refractivity contribution in [2.24, 2.45) is 0 Å². The molecule has 0 saturated carbocycles. The van der Waals surface area contributed by atoms with E-state index in [-0.39, 0.29) is 17.6 Å². The molecule has 0 aliphatic carbocycles. The first kappa shape index (κ1) is 26.7. The molecule has 184 valence electrons. The van der Waals surface area contributed by atoms with Crippen molar-refractivity contribution in [1.82, 2.24) is 20.1 Å². The maximum atomic E-state index is 12.7. The number of amides is 2. The van der Waals surface area contributed by atoms with Crippen LogP contribution in [-0.2, 0) is 11.3 Å². The Bertz CT molecular complexity index is 1210. The molecule has 0 fully saturated rings. The van der Waals surface area contributed by atoms with E-state index < -0.39 is 12.6 Å². The summed E-state index contributed by atoms with van der Waals surface area (Å²) < 4.78 is 7.53. The maximum Gasteiger partial charge on any atom is 0.251 e. The summed E-state index contributed by atoms with van der Waals surface area (Å²) in [6.45, 7) is 3.68. The van der Waals surface area contributed by atoms with Crippen molar-refractivity contribution >= 4 is 56.8 Å². The molecule has 1 aromatic heterocycles. The van der Waals surface area contributed by atoms with Gasteiger partial charge in [-0.1, -0.05) is 29.4 Å². The number of nitrogens with one attached hydrogen (secondary N) is 2. The van der Waals surface area contributed by atoms with Crippen LogP contribution < -0.4 is 15.4 Å². The highest BCUT2D eigenvalue weighted by molar-refractivity contribution is 9.10. The van der Waals surface area contributed by atoms with Crippen LogP contribution in [0.1, 0.15) is 22.2 Å². The summed E-state index contributed by atoms with van der Waals surface area (Å²) >= 11 is 10.5. The molecule has 9 nitrogen and oxygen atoms in total. The summed E-state index contributed by atoms with van der Waals surface area (Å²) in [7, 11) is 1.54. The van der Waals surface area contributed by atoms with Gasteiger partial charge in [0.15, 0.2) is 11.0 Å². The zero-order valence-electron chi connectivity index (χ0n) is 18.7. The standard InChI is InChI=1S/C23H23BrClN5O4S/c1-3-10-30-21(19(12-31)27-22(33)14-4-7-16(34-2)8-5-14)28-29-23(30)35-13-20(32)26-15-6-9-17(24)18(25)11-15/h3-9,11,19,31H,1,10,12-13H2,2H3,(H,26,32)(H,27,33)/t19-/m0/s1.